The first-order valence-electron chi connectivity index (χ1n) is 8.16. The summed E-state index contributed by atoms with van der Waals surface area (Å²) >= 11 is 5.86. The van der Waals surface area contributed by atoms with Crippen molar-refractivity contribution in [1.29, 1.82) is 0 Å². The van der Waals surface area contributed by atoms with E-state index in [0.717, 1.165) is 12.0 Å². The molecule has 7 heteroatoms. The van der Waals surface area contributed by atoms with Gasteiger partial charge in [0.15, 0.2) is 0 Å². The highest BCUT2D eigenvalue weighted by Gasteiger charge is 2.34. The molecule has 0 bridgehead atoms. The topological polar surface area (TPSA) is 83.6 Å². The smallest absolute Gasteiger partial charge is 0.326 e. The average Bonchev–Trinajstić information content (AvgIpc) is 3.03. The lowest BCUT2D eigenvalue weighted by Crippen LogP contribution is -2.50. The lowest BCUT2D eigenvalue weighted by atomic mass is 9.92. The van der Waals surface area contributed by atoms with Crippen LogP contribution in [0.4, 0.5) is 0 Å². The first-order chi connectivity index (χ1) is 11.9. The van der Waals surface area contributed by atoms with Crippen LogP contribution in [0.2, 0.25) is 5.02 Å². The van der Waals surface area contributed by atoms with Gasteiger partial charge in [0.05, 0.1) is 12.1 Å². The predicted octanol–water partition coefficient (Wildman–Crippen LogP) is 3.25. The summed E-state index contributed by atoms with van der Waals surface area (Å²) in [6.45, 7) is 2.46. The molecule has 0 saturated carbocycles. The van der Waals surface area contributed by atoms with Crippen LogP contribution in [0.3, 0.4) is 0 Å². The molecule has 1 amide bonds. The fraction of sp³-hybridized carbons (Fsp3) is 0.389. The third kappa shape index (κ3) is 4.02. The van der Waals surface area contributed by atoms with Crippen molar-refractivity contribution < 1.29 is 19.1 Å². The molecule has 1 aromatic heterocycles. The van der Waals surface area contributed by atoms with Gasteiger partial charge in [-0.25, -0.2) is 9.78 Å². The summed E-state index contributed by atoms with van der Waals surface area (Å²) in [6.07, 6.45) is 2.75. The van der Waals surface area contributed by atoms with Crippen molar-refractivity contribution in [2.45, 2.75) is 32.2 Å². The van der Waals surface area contributed by atoms with E-state index in [4.69, 9.17) is 16.0 Å². The second-order valence-electron chi connectivity index (χ2n) is 6.40. The second-order valence-corrected chi connectivity index (χ2v) is 6.83. The summed E-state index contributed by atoms with van der Waals surface area (Å²) in [5.41, 5.74) is 1.25. The number of carbonyl (C=O) groups excluding carboxylic acids is 1. The molecule has 0 radical (unpaired) electrons. The van der Waals surface area contributed by atoms with Crippen LogP contribution in [0, 0.1) is 5.92 Å². The van der Waals surface area contributed by atoms with Gasteiger partial charge in [-0.05, 0) is 43.0 Å². The Morgan fingerprint density at radius 3 is 2.76 bits per heavy atom. The highest BCUT2D eigenvalue weighted by molar-refractivity contribution is 6.30. The van der Waals surface area contributed by atoms with Gasteiger partial charge in [0.2, 0.25) is 11.8 Å². The Balaban J connectivity index is 1.70. The van der Waals surface area contributed by atoms with Crippen LogP contribution in [0.15, 0.2) is 34.9 Å². The molecule has 1 saturated heterocycles. The van der Waals surface area contributed by atoms with Crippen LogP contribution < -0.4 is 0 Å². The summed E-state index contributed by atoms with van der Waals surface area (Å²) in [7, 11) is 0. The molecule has 1 aliphatic rings. The van der Waals surface area contributed by atoms with Gasteiger partial charge in [-0.2, -0.15) is 0 Å². The number of aromatic nitrogens is 1. The van der Waals surface area contributed by atoms with Crippen molar-refractivity contribution in [2.24, 2.45) is 5.92 Å². The van der Waals surface area contributed by atoms with Gasteiger partial charge in [0.1, 0.15) is 12.3 Å². The van der Waals surface area contributed by atoms with Crippen LogP contribution in [0.5, 0.6) is 0 Å². The summed E-state index contributed by atoms with van der Waals surface area (Å²) < 4.78 is 5.43. The van der Waals surface area contributed by atoms with Gasteiger partial charge in [0, 0.05) is 17.1 Å². The fourth-order valence-corrected chi connectivity index (χ4v) is 3.17. The third-order valence-electron chi connectivity index (χ3n) is 4.45. The fourth-order valence-electron chi connectivity index (χ4n) is 3.04. The van der Waals surface area contributed by atoms with Crippen LogP contribution in [-0.4, -0.2) is 39.5 Å². The number of rotatable bonds is 4. The lowest BCUT2D eigenvalue weighted by Gasteiger charge is -2.35. The molecule has 3 rings (SSSR count). The molecule has 132 valence electrons. The highest BCUT2D eigenvalue weighted by Crippen LogP contribution is 2.25. The van der Waals surface area contributed by atoms with Crippen molar-refractivity contribution in [1.82, 2.24) is 9.88 Å². The van der Waals surface area contributed by atoms with Crippen LogP contribution in [0.25, 0.3) is 11.5 Å². The number of carbonyl (C=O) groups is 2. The van der Waals surface area contributed by atoms with E-state index >= 15 is 0 Å². The average molecular weight is 363 g/mol. The molecule has 2 unspecified atom stereocenters. The molecule has 2 atom stereocenters. The van der Waals surface area contributed by atoms with Crippen molar-refractivity contribution in [3.63, 3.8) is 0 Å². The zero-order chi connectivity index (χ0) is 18.0. The number of carboxylic acid groups (broad SMARTS) is 1. The van der Waals surface area contributed by atoms with Gasteiger partial charge < -0.3 is 14.4 Å². The molecule has 1 aliphatic heterocycles. The van der Waals surface area contributed by atoms with Gasteiger partial charge in [-0.15, -0.1) is 0 Å². The number of oxazole rings is 1. The molecular formula is C18H19ClN2O4. The number of nitrogens with zero attached hydrogens (tertiary/aromatic N) is 2. The lowest BCUT2D eigenvalue weighted by molar-refractivity contribution is -0.152. The maximum atomic E-state index is 12.5. The van der Waals surface area contributed by atoms with Crippen LogP contribution in [-0.2, 0) is 16.0 Å². The van der Waals surface area contributed by atoms with E-state index in [1.54, 1.807) is 24.3 Å². The van der Waals surface area contributed by atoms with Gasteiger partial charge in [-0.1, -0.05) is 18.5 Å². The minimum atomic E-state index is -0.957. The molecule has 6 nitrogen and oxygen atoms in total. The molecule has 25 heavy (non-hydrogen) atoms. The number of carboxylic acids is 1. The summed E-state index contributed by atoms with van der Waals surface area (Å²) in [5.74, 6) is -0.493. The number of halogens is 1. The molecule has 0 spiro atoms. The molecule has 0 aliphatic carbocycles. The minimum Gasteiger partial charge on any atom is -0.480 e. The van der Waals surface area contributed by atoms with Gasteiger partial charge >= 0.3 is 5.97 Å². The standard InChI is InChI=1S/C18H19ClN2O4/c1-11-6-7-21(15(8-11)18(23)24)16(22)9-14-10-25-17(20-14)12-2-4-13(19)5-3-12/h2-5,10-11,15H,6-9H2,1H3,(H,23,24). The van der Waals surface area contributed by atoms with Gasteiger partial charge in [-0.3, -0.25) is 4.79 Å². The van der Waals surface area contributed by atoms with Crippen molar-refractivity contribution in [2.75, 3.05) is 6.54 Å². The quantitative estimate of drug-likeness (QED) is 0.902. The molecule has 1 aromatic carbocycles. The molecule has 2 heterocycles. The zero-order valence-electron chi connectivity index (χ0n) is 13.8. The van der Waals surface area contributed by atoms with E-state index in [-0.39, 0.29) is 12.3 Å². The normalized spacial score (nSPS) is 20.5. The van der Waals surface area contributed by atoms with E-state index in [1.165, 1.54) is 11.2 Å². The Morgan fingerprint density at radius 2 is 2.08 bits per heavy atom. The number of piperidine rings is 1. The third-order valence-corrected chi connectivity index (χ3v) is 4.70. The Morgan fingerprint density at radius 1 is 1.36 bits per heavy atom. The molecule has 1 N–H and O–H groups in total. The highest BCUT2D eigenvalue weighted by atomic mass is 35.5. The van der Waals surface area contributed by atoms with E-state index in [0.29, 0.717) is 35.5 Å². The molecule has 1 fully saturated rings. The first kappa shape index (κ1) is 17.5. The summed E-state index contributed by atoms with van der Waals surface area (Å²) in [6, 6.07) is 6.27. The van der Waals surface area contributed by atoms with E-state index in [1.807, 2.05) is 6.92 Å². The van der Waals surface area contributed by atoms with Crippen LogP contribution >= 0.6 is 11.6 Å². The molecular weight excluding hydrogens is 344 g/mol. The van der Waals surface area contributed by atoms with Crippen molar-refractivity contribution >= 4 is 23.5 Å². The summed E-state index contributed by atoms with van der Waals surface area (Å²) in [5, 5.41) is 9.99. The Bertz CT molecular complexity index is 772. The predicted molar refractivity (Wildman–Crippen MR) is 92.2 cm³/mol. The van der Waals surface area contributed by atoms with E-state index in [9.17, 15) is 14.7 Å². The van der Waals surface area contributed by atoms with E-state index < -0.39 is 12.0 Å². The SMILES string of the molecule is CC1CCN(C(=O)Cc2coc(-c3ccc(Cl)cc3)n2)C(C(=O)O)C1. The van der Waals surface area contributed by atoms with Crippen molar-refractivity contribution in [3.8, 4) is 11.5 Å². The van der Waals surface area contributed by atoms with Gasteiger partial charge in [0.25, 0.3) is 0 Å². The summed E-state index contributed by atoms with van der Waals surface area (Å²) in [4.78, 5) is 29.8. The Labute approximate surface area is 150 Å². The minimum absolute atomic E-state index is 0.0231. The Kier molecular flexibility index (Phi) is 5.08. The first-order valence-corrected chi connectivity index (χ1v) is 8.54. The van der Waals surface area contributed by atoms with E-state index in [2.05, 4.69) is 4.98 Å². The number of aliphatic carboxylic acids is 1. The number of hydrogen-bond donors (Lipinski definition) is 1. The molecule has 2 aromatic rings. The monoisotopic (exact) mass is 362 g/mol. The number of benzene rings is 1. The number of likely N-dealkylation sites (tertiary alicyclic amines) is 1. The maximum absolute atomic E-state index is 12.5. The maximum Gasteiger partial charge on any atom is 0.326 e. The zero-order valence-corrected chi connectivity index (χ0v) is 14.6. The Hall–Kier alpha value is -2.34. The number of hydrogen-bond acceptors (Lipinski definition) is 4. The largest absolute Gasteiger partial charge is 0.480 e. The second kappa shape index (κ2) is 7.27. The number of amides is 1. The van der Waals surface area contributed by atoms with Crippen molar-refractivity contribution in [3.05, 3.63) is 41.2 Å². The van der Waals surface area contributed by atoms with Crippen LogP contribution in [0.1, 0.15) is 25.5 Å².